The van der Waals surface area contributed by atoms with Crippen LogP contribution in [0.3, 0.4) is 0 Å². The molecule has 0 saturated carbocycles. The first kappa shape index (κ1) is 25.9. The Labute approximate surface area is 237 Å². The number of carbonyl (C=O) groups is 2. The molecule has 0 spiro atoms. The van der Waals surface area contributed by atoms with Gasteiger partial charge in [-0.1, -0.05) is 35.9 Å². The second-order valence-corrected chi connectivity index (χ2v) is 10.5. The topological polar surface area (TPSA) is 109 Å². The van der Waals surface area contributed by atoms with Crippen LogP contribution in [0.2, 0.25) is 5.15 Å². The zero-order chi connectivity index (χ0) is 27.5. The molecule has 1 N–H and O–H groups in total. The summed E-state index contributed by atoms with van der Waals surface area (Å²) >= 11 is 6.39. The lowest BCUT2D eigenvalue weighted by molar-refractivity contribution is -0.121. The highest BCUT2D eigenvalue weighted by Crippen LogP contribution is 2.25. The van der Waals surface area contributed by atoms with Gasteiger partial charge in [0.05, 0.1) is 6.04 Å². The van der Waals surface area contributed by atoms with Gasteiger partial charge in [-0.15, -0.1) is 0 Å². The quantitative estimate of drug-likeness (QED) is 0.348. The van der Waals surface area contributed by atoms with Crippen LogP contribution in [0.25, 0.3) is 5.95 Å². The Morgan fingerprint density at radius 2 is 1.93 bits per heavy atom. The number of anilines is 1. The molecular formula is C29H29ClN8O2. The lowest BCUT2D eigenvalue weighted by Gasteiger charge is -2.42. The summed E-state index contributed by atoms with van der Waals surface area (Å²) in [4.78, 5) is 47.6. The summed E-state index contributed by atoms with van der Waals surface area (Å²) in [5, 5.41) is 3.36. The maximum Gasteiger partial charge on any atom is 0.272 e. The highest BCUT2D eigenvalue weighted by Gasteiger charge is 2.33. The minimum Gasteiger partial charge on any atom is -0.352 e. The van der Waals surface area contributed by atoms with Crippen LogP contribution in [0.5, 0.6) is 0 Å². The van der Waals surface area contributed by atoms with E-state index >= 15 is 0 Å². The fraction of sp³-hybridized carbons (Fsp3) is 0.310. The number of hydrogen-bond donors (Lipinski definition) is 1. The number of pyridine rings is 1. The van der Waals surface area contributed by atoms with Gasteiger partial charge in [0.1, 0.15) is 23.0 Å². The Hall–Kier alpha value is -4.31. The standard InChI is InChI=1S/C29H29ClN8O2/c30-25-16-26(35-29(34-25)37-11-10-31-19-37)38-13-12-36(28(40)24-6-1-2-9-32-24)18-23(38)15-27(39)33-17-20-7-8-21-4-3-5-22(21)14-20/h1-2,6-11,14,16,19,23H,3-5,12-13,15,17-18H2,(H,33,39). The molecule has 1 fully saturated rings. The molecule has 4 aromatic rings. The SMILES string of the molecule is O=C(CC1CN(C(=O)c2ccccn2)CCN1c1cc(Cl)nc(-n2ccnc2)n1)NCc1ccc2c(c1)CCC2. The molecule has 1 aliphatic heterocycles. The first-order chi connectivity index (χ1) is 19.5. The summed E-state index contributed by atoms with van der Waals surface area (Å²) in [7, 11) is 0. The van der Waals surface area contributed by atoms with Crippen LogP contribution in [0.15, 0.2) is 67.4 Å². The normalized spacial score (nSPS) is 16.6. The van der Waals surface area contributed by atoms with Gasteiger partial charge in [0.15, 0.2) is 0 Å². The number of piperazine rings is 1. The van der Waals surface area contributed by atoms with E-state index in [1.165, 1.54) is 17.5 Å². The zero-order valence-electron chi connectivity index (χ0n) is 21.9. The number of hydrogen-bond acceptors (Lipinski definition) is 7. The molecule has 1 unspecified atom stereocenters. The van der Waals surface area contributed by atoms with Crippen LogP contribution in [0, 0.1) is 0 Å². The van der Waals surface area contributed by atoms with Crippen molar-refractivity contribution in [2.24, 2.45) is 0 Å². The van der Waals surface area contributed by atoms with E-state index in [0.717, 1.165) is 18.4 Å². The number of imidazole rings is 1. The maximum atomic E-state index is 13.2. The molecule has 40 heavy (non-hydrogen) atoms. The molecule has 0 bridgehead atoms. The van der Waals surface area contributed by atoms with Crippen LogP contribution in [0.4, 0.5) is 5.82 Å². The predicted octanol–water partition coefficient (Wildman–Crippen LogP) is 3.24. The van der Waals surface area contributed by atoms with Crippen molar-refractivity contribution >= 4 is 29.2 Å². The van der Waals surface area contributed by atoms with E-state index in [9.17, 15) is 9.59 Å². The fourth-order valence-corrected chi connectivity index (χ4v) is 5.60. The second kappa shape index (κ2) is 11.4. The van der Waals surface area contributed by atoms with Crippen molar-refractivity contribution in [1.29, 1.82) is 0 Å². The van der Waals surface area contributed by atoms with E-state index in [1.807, 2.05) is 4.90 Å². The number of benzene rings is 1. The number of aromatic nitrogens is 5. The Bertz CT molecular complexity index is 1510. The van der Waals surface area contributed by atoms with Crippen molar-refractivity contribution in [3.63, 3.8) is 0 Å². The van der Waals surface area contributed by atoms with Crippen LogP contribution in [-0.4, -0.2) is 66.9 Å². The second-order valence-electron chi connectivity index (χ2n) is 10.1. The number of rotatable bonds is 7. The molecule has 1 aromatic carbocycles. The molecule has 1 aliphatic carbocycles. The number of halogens is 1. The highest BCUT2D eigenvalue weighted by atomic mass is 35.5. The lowest BCUT2D eigenvalue weighted by atomic mass is 10.1. The minimum absolute atomic E-state index is 0.0994. The largest absolute Gasteiger partial charge is 0.352 e. The van der Waals surface area contributed by atoms with Crippen molar-refractivity contribution in [2.75, 3.05) is 24.5 Å². The van der Waals surface area contributed by atoms with Gasteiger partial charge in [-0.2, -0.15) is 4.98 Å². The maximum absolute atomic E-state index is 13.2. The average molecular weight is 557 g/mol. The molecule has 1 saturated heterocycles. The number of nitrogens with one attached hydrogen (secondary N) is 1. The van der Waals surface area contributed by atoms with Gasteiger partial charge in [0, 0.05) is 57.3 Å². The third kappa shape index (κ3) is 5.67. The van der Waals surface area contributed by atoms with E-state index in [4.69, 9.17) is 16.6 Å². The summed E-state index contributed by atoms with van der Waals surface area (Å²) in [6.07, 6.45) is 10.2. The highest BCUT2D eigenvalue weighted by molar-refractivity contribution is 6.29. The third-order valence-corrected chi connectivity index (χ3v) is 7.62. The minimum atomic E-state index is -0.331. The van der Waals surface area contributed by atoms with E-state index in [0.29, 0.717) is 43.6 Å². The Balaban J connectivity index is 1.21. The fourth-order valence-electron chi connectivity index (χ4n) is 5.42. The number of amides is 2. The Morgan fingerprint density at radius 3 is 2.75 bits per heavy atom. The van der Waals surface area contributed by atoms with E-state index in [2.05, 4.69) is 38.5 Å². The molecule has 10 nitrogen and oxygen atoms in total. The van der Waals surface area contributed by atoms with Crippen molar-refractivity contribution < 1.29 is 9.59 Å². The summed E-state index contributed by atoms with van der Waals surface area (Å²) < 4.78 is 1.68. The summed E-state index contributed by atoms with van der Waals surface area (Å²) in [6, 6.07) is 13.1. The molecule has 0 radical (unpaired) electrons. The molecule has 3 aromatic heterocycles. The molecular weight excluding hydrogens is 528 g/mol. The Morgan fingerprint density at radius 1 is 1.02 bits per heavy atom. The monoisotopic (exact) mass is 556 g/mol. The van der Waals surface area contributed by atoms with Gasteiger partial charge < -0.3 is 15.1 Å². The smallest absolute Gasteiger partial charge is 0.272 e. The van der Waals surface area contributed by atoms with Crippen LogP contribution >= 0.6 is 11.6 Å². The third-order valence-electron chi connectivity index (χ3n) is 7.43. The number of fused-ring (bicyclic) bond motifs is 1. The molecule has 2 aliphatic rings. The van der Waals surface area contributed by atoms with E-state index in [-0.39, 0.29) is 29.4 Å². The Kier molecular flexibility index (Phi) is 7.41. The van der Waals surface area contributed by atoms with Gasteiger partial charge in [-0.25, -0.2) is 9.97 Å². The van der Waals surface area contributed by atoms with E-state index in [1.54, 1.807) is 58.7 Å². The molecule has 6 rings (SSSR count). The molecule has 4 heterocycles. The summed E-state index contributed by atoms with van der Waals surface area (Å²) in [5.74, 6) is 0.707. The number of carbonyl (C=O) groups excluding carboxylic acids is 2. The molecule has 1 atom stereocenters. The van der Waals surface area contributed by atoms with Gasteiger partial charge in [0.2, 0.25) is 11.9 Å². The molecule has 204 valence electrons. The first-order valence-electron chi connectivity index (χ1n) is 13.4. The van der Waals surface area contributed by atoms with Gasteiger partial charge in [0.25, 0.3) is 5.91 Å². The van der Waals surface area contributed by atoms with Crippen molar-refractivity contribution in [3.8, 4) is 5.95 Å². The summed E-state index contributed by atoms with van der Waals surface area (Å²) in [5.41, 5.74) is 4.25. The average Bonchev–Trinajstić information content (AvgIpc) is 3.68. The predicted molar refractivity (Wildman–Crippen MR) is 150 cm³/mol. The first-order valence-corrected chi connectivity index (χ1v) is 13.8. The van der Waals surface area contributed by atoms with Gasteiger partial charge in [-0.3, -0.25) is 19.1 Å². The summed E-state index contributed by atoms with van der Waals surface area (Å²) in [6.45, 7) is 1.71. The molecule has 11 heteroatoms. The van der Waals surface area contributed by atoms with Crippen LogP contribution < -0.4 is 10.2 Å². The number of nitrogens with zero attached hydrogens (tertiary/aromatic N) is 7. The van der Waals surface area contributed by atoms with Crippen molar-refractivity contribution in [1.82, 2.24) is 34.7 Å². The molecule has 2 amide bonds. The number of aryl methyl sites for hydroxylation is 2. The van der Waals surface area contributed by atoms with Crippen LogP contribution in [-0.2, 0) is 24.2 Å². The van der Waals surface area contributed by atoms with E-state index < -0.39 is 0 Å². The van der Waals surface area contributed by atoms with Crippen molar-refractivity contribution in [3.05, 3.63) is 94.9 Å². The zero-order valence-corrected chi connectivity index (χ0v) is 22.7. The van der Waals surface area contributed by atoms with Crippen molar-refractivity contribution in [2.45, 2.75) is 38.3 Å². The van der Waals surface area contributed by atoms with Gasteiger partial charge >= 0.3 is 0 Å². The lowest BCUT2D eigenvalue weighted by Crippen LogP contribution is -2.56. The van der Waals surface area contributed by atoms with Crippen LogP contribution in [0.1, 0.15) is 40.0 Å². The van der Waals surface area contributed by atoms with Gasteiger partial charge in [-0.05, 0) is 48.1 Å².